The molecule has 0 bridgehead atoms. The second-order valence-electron chi connectivity index (χ2n) is 4.39. The molecule has 5 heteroatoms. The van der Waals surface area contributed by atoms with Crippen LogP contribution in [0.5, 0.6) is 11.5 Å². The zero-order valence-electron chi connectivity index (χ0n) is 12.0. The molecule has 0 aliphatic rings. The first-order valence-electron chi connectivity index (χ1n) is 6.47. The molecule has 0 aliphatic carbocycles. The highest BCUT2D eigenvalue weighted by Gasteiger charge is 2.04. The standard InChI is InChI=1S/C15H19N3O2/c1-11-6-8-16-15(18-11)17-9-7-12-4-5-13(19-2)14(10-12)20-3/h4-6,8,10H,7,9H2,1-3H3,(H,16,17,18). The number of methoxy groups -OCH3 is 2. The van der Waals surface area contributed by atoms with Crippen LogP contribution in [0, 0.1) is 6.92 Å². The van der Waals surface area contributed by atoms with Gasteiger partial charge < -0.3 is 14.8 Å². The minimum atomic E-state index is 0.658. The van der Waals surface area contributed by atoms with E-state index in [-0.39, 0.29) is 0 Å². The molecule has 0 aliphatic heterocycles. The van der Waals surface area contributed by atoms with Crippen LogP contribution in [0.4, 0.5) is 5.95 Å². The molecule has 1 N–H and O–H groups in total. The molecule has 1 aromatic heterocycles. The van der Waals surface area contributed by atoms with Crippen LogP contribution in [-0.4, -0.2) is 30.7 Å². The molecule has 1 aromatic carbocycles. The van der Waals surface area contributed by atoms with Crippen molar-refractivity contribution in [2.75, 3.05) is 26.1 Å². The van der Waals surface area contributed by atoms with Gasteiger partial charge in [-0.05, 0) is 37.1 Å². The van der Waals surface area contributed by atoms with Gasteiger partial charge in [0.25, 0.3) is 0 Å². The highest BCUT2D eigenvalue weighted by atomic mass is 16.5. The van der Waals surface area contributed by atoms with E-state index in [2.05, 4.69) is 15.3 Å². The van der Waals surface area contributed by atoms with E-state index in [4.69, 9.17) is 9.47 Å². The molecule has 2 rings (SSSR count). The lowest BCUT2D eigenvalue weighted by atomic mass is 10.1. The Morgan fingerprint density at radius 3 is 2.60 bits per heavy atom. The van der Waals surface area contributed by atoms with Crippen molar-refractivity contribution >= 4 is 5.95 Å². The van der Waals surface area contributed by atoms with Crippen LogP contribution < -0.4 is 14.8 Å². The number of hydrogen-bond acceptors (Lipinski definition) is 5. The largest absolute Gasteiger partial charge is 0.493 e. The summed E-state index contributed by atoms with van der Waals surface area (Å²) in [6.45, 7) is 2.71. The molecule has 0 atom stereocenters. The van der Waals surface area contributed by atoms with E-state index in [9.17, 15) is 0 Å². The first kappa shape index (κ1) is 14.1. The fraction of sp³-hybridized carbons (Fsp3) is 0.333. The quantitative estimate of drug-likeness (QED) is 0.876. The smallest absolute Gasteiger partial charge is 0.222 e. The molecule has 5 nitrogen and oxygen atoms in total. The summed E-state index contributed by atoms with van der Waals surface area (Å²) in [5, 5.41) is 3.21. The highest BCUT2D eigenvalue weighted by molar-refractivity contribution is 5.43. The monoisotopic (exact) mass is 273 g/mol. The molecule has 106 valence electrons. The van der Waals surface area contributed by atoms with Crippen molar-refractivity contribution in [3.05, 3.63) is 41.7 Å². The van der Waals surface area contributed by atoms with Gasteiger partial charge in [-0.1, -0.05) is 6.07 Å². The molecule has 1 heterocycles. The number of anilines is 1. The molecule has 2 aromatic rings. The highest BCUT2D eigenvalue weighted by Crippen LogP contribution is 2.27. The Balaban J connectivity index is 1.94. The number of rotatable bonds is 6. The predicted octanol–water partition coefficient (Wildman–Crippen LogP) is 2.46. The Morgan fingerprint density at radius 2 is 1.90 bits per heavy atom. The molecule has 0 saturated heterocycles. The molecule has 0 unspecified atom stereocenters. The third-order valence-corrected chi connectivity index (χ3v) is 2.94. The number of ether oxygens (including phenoxy) is 2. The Morgan fingerprint density at radius 1 is 1.10 bits per heavy atom. The van der Waals surface area contributed by atoms with Crippen LogP contribution in [-0.2, 0) is 6.42 Å². The van der Waals surface area contributed by atoms with Crippen LogP contribution >= 0.6 is 0 Å². The lowest BCUT2D eigenvalue weighted by Gasteiger charge is -2.10. The van der Waals surface area contributed by atoms with E-state index in [0.717, 1.165) is 30.2 Å². The number of benzene rings is 1. The molecule has 0 saturated carbocycles. The van der Waals surface area contributed by atoms with Crippen molar-refractivity contribution in [2.45, 2.75) is 13.3 Å². The second kappa shape index (κ2) is 6.75. The molecular weight excluding hydrogens is 254 g/mol. The maximum atomic E-state index is 5.29. The van der Waals surface area contributed by atoms with Crippen LogP contribution in [0.1, 0.15) is 11.3 Å². The summed E-state index contributed by atoms with van der Waals surface area (Å²) in [4.78, 5) is 8.46. The average Bonchev–Trinajstić information content (AvgIpc) is 2.47. The van der Waals surface area contributed by atoms with Crippen molar-refractivity contribution < 1.29 is 9.47 Å². The molecule has 20 heavy (non-hydrogen) atoms. The van der Waals surface area contributed by atoms with Crippen LogP contribution in [0.3, 0.4) is 0 Å². The van der Waals surface area contributed by atoms with Gasteiger partial charge in [-0.3, -0.25) is 0 Å². The maximum absolute atomic E-state index is 5.29. The van der Waals surface area contributed by atoms with E-state index in [1.807, 2.05) is 31.2 Å². The zero-order chi connectivity index (χ0) is 14.4. The Kier molecular flexibility index (Phi) is 4.76. The van der Waals surface area contributed by atoms with Gasteiger partial charge in [0.15, 0.2) is 11.5 Å². The van der Waals surface area contributed by atoms with Gasteiger partial charge in [0, 0.05) is 18.4 Å². The number of aryl methyl sites for hydroxylation is 1. The number of hydrogen-bond donors (Lipinski definition) is 1. The summed E-state index contributed by atoms with van der Waals surface area (Å²) in [5.74, 6) is 2.15. The Bertz CT molecular complexity index is 573. The third kappa shape index (κ3) is 3.60. The van der Waals surface area contributed by atoms with Gasteiger partial charge in [0.05, 0.1) is 14.2 Å². The van der Waals surface area contributed by atoms with Crippen LogP contribution in [0.15, 0.2) is 30.5 Å². The Hall–Kier alpha value is -2.30. The fourth-order valence-electron chi connectivity index (χ4n) is 1.89. The summed E-state index contributed by atoms with van der Waals surface area (Å²) < 4.78 is 10.5. The minimum Gasteiger partial charge on any atom is -0.493 e. The van der Waals surface area contributed by atoms with Crippen LogP contribution in [0.25, 0.3) is 0 Å². The number of nitrogens with one attached hydrogen (secondary N) is 1. The Labute approximate surface area is 119 Å². The molecule has 0 spiro atoms. The third-order valence-electron chi connectivity index (χ3n) is 2.94. The molecule has 0 fully saturated rings. The van der Waals surface area contributed by atoms with Gasteiger partial charge in [-0.2, -0.15) is 0 Å². The summed E-state index contributed by atoms with van der Waals surface area (Å²) in [5.41, 5.74) is 2.12. The lowest BCUT2D eigenvalue weighted by molar-refractivity contribution is 0.354. The lowest BCUT2D eigenvalue weighted by Crippen LogP contribution is -2.08. The van der Waals surface area contributed by atoms with E-state index in [1.165, 1.54) is 5.56 Å². The topological polar surface area (TPSA) is 56.3 Å². The summed E-state index contributed by atoms with van der Waals surface area (Å²) in [7, 11) is 3.27. The van der Waals surface area contributed by atoms with E-state index >= 15 is 0 Å². The van der Waals surface area contributed by atoms with Crippen molar-refractivity contribution in [2.24, 2.45) is 0 Å². The summed E-state index contributed by atoms with van der Waals surface area (Å²) >= 11 is 0. The van der Waals surface area contributed by atoms with Crippen molar-refractivity contribution in [3.8, 4) is 11.5 Å². The van der Waals surface area contributed by atoms with Crippen LogP contribution in [0.2, 0.25) is 0 Å². The first-order chi connectivity index (χ1) is 9.72. The van der Waals surface area contributed by atoms with Gasteiger partial charge in [0.1, 0.15) is 0 Å². The molecule has 0 amide bonds. The average molecular weight is 273 g/mol. The maximum Gasteiger partial charge on any atom is 0.222 e. The van der Waals surface area contributed by atoms with E-state index < -0.39 is 0 Å². The van der Waals surface area contributed by atoms with Crippen molar-refractivity contribution in [3.63, 3.8) is 0 Å². The van der Waals surface area contributed by atoms with Gasteiger partial charge in [-0.15, -0.1) is 0 Å². The van der Waals surface area contributed by atoms with Crippen molar-refractivity contribution in [1.82, 2.24) is 9.97 Å². The van der Waals surface area contributed by atoms with Gasteiger partial charge in [-0.25, -0.2) is 9.97 Å². The number of nitrogens with zero attached hydrogens (tertiary/aromatic N) is 2. The van der Waals surface area contributed by atoms with E-state index in [1.54, 1.807) is 20.4 Å². The first-order valence-corrected chi connectivity index (χ1v) is 6.47. The van der Waals surface area contributed by atoms with Gasteiger partial charge in [0.2, 0.25) is 5.95 Å². The minimum absolute atomic E-state index is 0.658. The predicted molar refractivity (Wildman–Crippen MR) is 78.5 cm³/mol. The zero-order valence-corrected chi connectivity index (χ0v) is 12.0. The molecule has 0 radical (unpaired) electrons. The summed E-state index contributed by atoms with van der Waals surface area (Å²) in [6, 6.07) is 7.80. The number of aromatic nitrogens is 2. The van der Waals surface area contributed by atoms with E-state index in [0.29, 0.717) is 5.95 Å². The SMILES string of the molecule is COc1ccc(CCNc2nccc(C)n2)cc1OC. The molecular formula is C15H19N3O2. The second-order valence-corrected chi connectivity index (χ2v) is 4.39. The van der Waals surface area contributed by atoms with Crippen molar-refractivity contribution in [1.29, 1.82) is 0 Å². The fourth-order valence-corrected chi connectivity index (χ4v) is 1.89. The normalized spacial score (nSPS) is 10.2. The summed E-state index contributed by atoms with van der Waals surface area (Å²) in [6.07, 6.45) is 2.61. The van der Waals surface area contributed by atoms with Gasteiger partial charge >= 0.3 is 0 Å².